The van der Waals surface area contributed by atoms with Crippen LogP contribution >= 0.6 is 11.8 Å². The van der Waals surface area contributed by atoms with Crippen molar-refractivity contribution in [1.29, 1.82) is 0 Å². The Morgan fingerprint density at radius 2 is 1.73 bits per heavy atom. The number of amides is 3. The molecule has 1 heterocycles. The number of thioether (sulfide) groups is 1. The van der Waals surface area contributed by atoms with Gasteiger partial charge in [0.05, 0.1) is 17.5 Å². The zero-order valence-electron chi connectivity index (χ0n) is 23.1. The van der Waals surface area contributed by atoms with Gasteiger partial charge in [-0.25, -0.2) is 8.78 Å². The van der Waals surface area contributed by atoms with E-state index >= 15 is 0 Å². The lowest BCUT2D eigenvalue weighted by atomic mass is 9.96. The number of hydrogen-bond donors (Lipinski definition) is 3. The van der Waals surface area contributed by atoms with Crippen LogP contribution in [0.2, 0.25) is 0 Å². The zero-order chi connectivity index (χ0) is 29.7. The minimum Gasteiger partial charge on any atom is -0.381 e. The highest BCUT2D eigenvalue weighted by molar-refractivity contribution is 8.00. The van der Waals surface area contributed by atoms with E-state index in [-0.39, 0.29) is 24.7 Å². The molecule has 0 aromatic heterocycles. The van der Waals surface area contributed by atoms with Crippen molar-refractivity contribution < 1.29 is 28.3 Å². The second kappa shape index (κ2) is 12.8. The zero-order valence-corrected chi connectivity index (χ0v) is 23.9. The first-order chi connectivity index (χ1) is 19.5. The SMILES string of the molecule is Cc1ccccc1CNC(=O)C1N(C(=O)C(O)C(Cc2ccccc2)NC(=O)c2ccc(F)cc2F)CSC1(C)C. The minimum atomic E-state index is -1.75. The normalized spacial score (nSPS) is 17.5. The highest BCUT2D eigenvalue weighted by Crippen LogP contribution is 2.40. The molecule has 3 aromatic carbocycles. The molecule has 3 aromatic rings. The third kappa shape index (κ3) is 7.12. The molecule has 1 aliphatic heterocycles. The van der Waals surface area contributed by atoms with Gasteiger partial charge in [-0.2, -0.15) is 0 Å². The van der Waals surface area contributed by atoms with Crippen molar-refractivity contribution in [2.75, 3.05) is 5.88 Å². The van der Waals surface area contributed by atoms with Gasteiger partial charge in [0, 0.05) is 17.4 Å². The van der Waals surface area contributed by atoms with E-state index in [1.165, 1.54) is 16.7 Å². The van der Waals surface area contributed by atoms with Gasteiger partial charge in [-0.1, -0.05) is 54.6 Å². The van der Waals surface area contributed by atoms with Gasteiger partial charge < -0.3 is 20.6 Å². The van der Waals surface area contributed by atoms with Gasteiger partial charge in [0.15, 0.2) is 6.10 Å². The largest absolute Gasteiger partial charge is 0.381 e. The first-order valence-corrected chi connectivity index (χ1v) is 14.2. The maximum absolute atomic E-state index is 14.3. The second-order valence-electron chi connectivity index (χ2n) is 10.6. The Kier molecular flexibility index (Phi) is 9.45. The summed E-state index contributed by atoms with van der Waals surface area (Å²) < 4.78 is 27.1. The summed E-state index contributed by atoms with van der Waals surface area (Å²) in [5, 5.41) is 16.8. The van der Waals surface area contributed by atoms with Crippen LogP contribution in [-0.4, -0.2) is 56.5 Å². The van der Waals surface area contributed by atoms with Crippen molar-refractivity contribution in [2.24, 2.45) is 0 Å². The summed E-state index contributed by atoms with van der Waals surface area (Å²) >= 11 is 1.41. The average Bonchev–Trinajstić information content (AvgIpc) is 3.26. The minimum absolute atomic E-state index is 0.0524. The molecular weight excluding hydrogens is 548 g/mol. The number of aryl methyl sites for hydroxylation is 1. The Bertz CT molecular complexity index is 1420. The van der Waals surface area contributed by atoms with Crippen LogP contribution in [0.1, 0.15) is 40.9 Å². The van der Waals surface area contributed by atoms with Crippen molar-refractivity contribution in [3.8, 4) is 0 Å². The molecule has 10 heteroatoms. The van der Waals surface area contributed by atoms with Crippen molar-refractivity contribution >= 4 is 29.5 Å². The van der Waals surface area contributed by atoms with Crippen molar-refractivity contribution in [3.63, 3.8) is 0 Å². The molecule has 3 unspecified atom stereocenters. The smallest absolute Gasteiger partial charge is 0.254 e. The van der Waals surface area contributed by atoms with Crippen LogP contribution in [0.5, 0.6) is 0 Å². The molecule has 1 fully saturated rings. The summed E-state index contributed by atoms with van der Waals surface area (Å²) in [6.07, 6.45) is -1.69. The molecule has 41 heavy (non-hydrogen) atoms. The van der Waals surface area contributed by atoms with Crippen molar-refractivity contribution in [2.45, 2.75) is 56.7 Å². The fourth-order valence-corrected chi connectivity index (χ4v) is 6.01. The molecule has 0 aliphatic carbocycles. The Morgan fingerprint density at radius 3 is 2.41 bits per heavy atom. The molecule has 0 spiro atoms. The quantitative estimate of drug-likeness (QED) is 0.355. The van der Waals surface area contributed by atoms with Crippen LogP contribution in [0.15, 0.2) is 72.8 Å². The molecule has 1 aliphatic rings. The van der Waals surface area contributed by atoms with Gasteiger partial charge in [0.25, 0.3) is 11.8 Å². The second-order valence-corrected chi connectivity index (χ2v) is 12.2. The summed E-state index contributed by atoms with van der Waals surface area (Å²) in [7, 11) is 0. The number of aliphatic hydroxyl groups is 1. The van der Waals surface area contributed by atoms with Gasteiger partial charge in [-0.05, 0) is 56.0 Å². The molecule has 0 bridgehead atoms. The topological polar surface area (TPSA) is 98.7 Å². The summed E-state index contributed by atoms with van der Waals surface area (Å²) in [5.41, 5.74) is 2.26. The number of carbonyl (C=O) groups excluding carboxylic acids is 3. The predicted octanol–water partition coefficient (Wildman–Crippen LogP) is 3.97. The number of aliphatic hydroxyl groups excluding tert-OH is 1. The number of halogens is 2. The number of rotatable bonds is 9. The van der Waals surface area contributed by atoms with Crippen molar-refractivity contribution in [1.82, 2.24) is 15.5 Å². The van der Waals surface area contributed by atoms with E-state index < -0.39 is 51.9 Å². The maximum atomic E-state index is 14.3. The van der Waals surface area contributed by atoms with Gasteiger partial charge in [0.2, 0.25) is 5.91 Å². The van der Waals surface area contributed by atoms with Crippen LogP contribution in [0, 0.1) is 18.6 Å². The number of nitrogens with zero attached hydrogens (tertiary/aromatic N) is 1. The fraction of sp³-hybridized carbons (Fsp3) is 0.323. The molecule has 0 radical (unpaired) electrons. The van der Waals surface area contributed by atoms with E-state index in [9.17, 15) is 28.3 Å². The molecule has 1 saturated heterocycles. The lowest BCUT2D eigenvalue weighted by Crippen LogP contribution is -2.58. The van der Waals surface area contributed by atoms with Crippen LogP contribution < -0.4 is 10.6 Å². The number of carbonyl (C=O) groups is 3. The maximum Gasteiger partial charge on any atom is 0.254 e. The standard InChI is InChI=1S/C31H33F2N3O4S/c1-19-9-7-8-12-21(19)17-34-29(39)27-31(2,3)41-18-36(27)30(40)26(37)25(15-20-10-5-4-6-11-20)35-28(38)23-14-13-22(32)16-24(23)33/h4-14,16,25-27,37H,15,17-18H2,1-3H3,(H,34,39)(H,35,38). The number of nitrogens with one attached hydrogen (secondary N) is 2. The van der Waals surface area contributed by atoms with E-state index in [4.69, 9.17) is 0 Å². The Balaban J connectivity index is 1.55. The molecule has 0 saturated carbocycles. The third-order valence-electron chi connectivity index (χ3n) is 7.22. The highest BCUT2D eigenvalue weighted by atomic mass is 32.2. The Morgan fingerprint density at radius 1 is 1.05 bits per heavy atom. The van der Waals surface area contributed by atoms with Crippen LogP contribution in [0.3, 0.4) is 0 Å². The van der Waals surface area contributed by atoms with Gasteiger partial charge in [0.1, 0.15) is 17.7 Å². The number of benzene rings is 3. The summed E-state index contributed by atoms with van der Waals surface area (Å²) in [6, 6.07) is 17.0. The Labute approximate surface area is 242 Å². The molecule has 3 N–H and O–H groups in total. The third-order valence-corrected chi connectivity index (χ3v) is 8.59. The first kappa shape index (κ1) is 30.2. The number of hydrogen-bond acceptors (Lipinski definition) is 5. The average molecular weight is 582 g/mol. The highest BCUT2D eigenvalue weighted by Gasteiger charge is 2.49. The summed E-state index contributed by atoms with van der Waals surface area (Å²) in [5.74, 6) is -3.75. The van der Waals surface area contributed by atoms with E-state index in [0.717, 1.165) is 23.3 Å². The van der Waals surface area contributed by atoms with Crippen LogP contribution in [-0.2, 0) is 22.6 Å². The van der Waals surface area contributed by atoms with Crippen LogP contribution in [0.25, 0.3) is 0 Å². The molecular formula is C31H33F2N3O4S. The summed E-state index contributed by atoms with van der Waals surface area (Å²) in [4.78, 5) is 41.5. The van der Waals surface area contributed by atoms with Crippen molar-refractivity contribution in [3.05, 3.63) is 107 Å². The molecule has 4 rings (SSSR count). The first-order valence-electron chi connectivity index (χ1n) is 13.2. The van der Waals surface area contributed by atoms with E-state index in [1.807, 2.05) is 45.0 Å². The van der Waals surface area contributed by atoms with E-state index in [2.05, 4.69) is 10.6 Å². The van der Waals surface area contributed by atoms with Gasteiger partial charge >= 0.3 is 0 Å². The monoisotopic (exact) mass is 581 g/mol. The molecule has 3 amide bonds. The molecule has 3 atom stereocenters. The lowest BCUT2D eigenvalue weighted by Gasteiger charge is -2.33. The van der Waals surface area contributed by atoms with Crippen LogP contribution in [0.4, 0.5) is 8.78 Å². The van der Waals surface area contributed by atoms with E-state index in [0.29, 0.717) is 11.6 Å². The molecule has 216 valence electrons. The van der Waals surface area contributed by atoms with Gasteiger partial charge in [-0.15, -0.1) is 11.8 Å². The fourth-order valence-electron chi connectivity index (χ4n) is 4.87. The van der Waals surface area contributed by atoms with Gasteiger partial charge in [-0.3, -0.25) is 14.4 Å². The predicted molar refractivity (Wildman–Crippen MR) is 154 cm³/mol. The van der Waals surface area contributed by atoms with E-state index in [1.54, 1.807) is 30.3 Å². The lowest BCUT2D eigenvalue weighted by molar-refractivity contribution is -0.147. The summed E-state index contributed by atoms with van der Waals surface area (Å²) in [6.45, 7) is 5.94. The Hall–Kier alpha value is -3.76. The molecule has 7 nitrogen and oxygen atoms in total.